The van der Waals surface area contributed by atoms with Gasteiger partial charge in [-0.25, -0.2) is 0 Å². The fourth-order valence-electron chi connectivity index (χ4n) is 0.365. The van der Waals surface area contributed by atoms with Crippen molar-refractivity contribution in [3.8, 4) is 0 Å². The van der Waals surface area contributed by atoms with Crippen LogP contribution in [0.1, 0.15) is 0 Å². The van der Waals surface area contributed by atoms with E-state index in [1.165, 1.54) is 12.3 Å². The van der Waals surface area contributed by atoms with E-state index in [2.05, 4.69) is 11.1 Å². The average molecular weight is 162 g/mol. The second-order valence-electron chi connectivity index (χ2n) is 1.31. The van der Waals surface area contributed by atoms with Crippen LogP contribution in [-0.4, -0.2) is 17.8 Å². The normalized spacial score (nSPS) is 15.6. The van der Waals surface area contributed by atoms with Crippen LogP contribution in [0.15, 0.2) is 11.1 Å². The van der Waals surface area contributed by atoms with E-state index in [0.29, 0.717) is 0 Å². The number of nitrogens with one attached hydrogen (secondary N) is 2. The fourth-order valence-corrected chi connectivity index (χ4v) is 0.365. The van der Waals surface area contributed by atoms with Gasteiger partial charge in [-0.2, -0.15) is 12.2 Å². The minimum atomic E-state index is -0.0208. The molecule has 3 nitrogen and oxygen atoms in total. The van der Waals surface area contributed by atoms with Crippen LogP contribution in [0, 0.1) is 16.9 Å². The zero-order valence-corrected chi connectivity index (χ0v) is 5.56. The van der Waals surface area contributed by atoms with Crippen molar-refractivity contribution in [2.75, 3.05) is 0 Å². The van der Waals surface area contributed by atoms with Crippen molar-refractivity contribution in [1.82, 2.24) is 0 Å². The van der Waals surface area contributed by atoms with Gasteiger partial charge in [-0.05, 0) is 5.71 Å². The molecule has 0 radical (unpaired) electrons. The van der Waals surface area contributed by atoms with Crippen molar-refractivity contribution in [2.24, 2.45) is 4.99 Å². The molecule has 1 rings (SSSR count). The molecule has 0 atom stereocenters. The summed E-state index contributed by atoms with van der Waals surface area (Å²) in [6.07, 6.45) is 5.48. The molecule has 1 aliphatic rings. The summed E-state index contributed by atoms with van der Waals surface area (Å²) < 4.78 is 0. The van der Waals surface area contributed by atoms with Crippen LogP contribution in [0.25, 0.3) is 0 Å². The largest absolute Gasteiger partial charge is 0.365 e. The number of aliphatic imine (C=N–C) groups is 1. The number of dihydropyridines is 1. The molecule has 0 amide bonds. The third-order valence-electron chi connectivity index (χ3n) is 0.743. The number of allylic oxidation sites excluding steroid dienone is 1. The first-order valence-electron chi connectivity index (χ1n) is 2.10. The summed E-state index contributed by atoms with van der Waals surface area (Å²) >= 11 is 0. The topological polar surface area (TPSA) is 60.1 Å². The van der Waals surface area contributed by atoms with Gasteiger partial charge < -0.3 is 15.8 Å². The van der Waals surface area contributed by atoms with Gasteiger partial charge in [0.05, 0.1) is 5.84 Å². The van der Waals surface area contributed by atoms with Crippen LogP contribution in [0.5, 0.6) is 0 Å². The van der Waals surface area contributed by atoms with E-state index in [4.69, 9.17) is 10.8 Å². The first-order chi connectivity index (χ1) is 3.80. The van der Waals surface area contributed by atoms with Crippen molar-refractivity contribution in [3.05, 3.63) is 12.2 Å². The molecule has 0 spiro atoms. The number of amidine groups is 1. The van der Waals surface area contributed by atoms with E-state index in [9.17, 15) is 0 Å². The molecule has 0 unspecified atom stereocenters. The molecule has 0 aliphatic carbocycles. The van der Waals surface area contributed by atoms with Crippen LogP contribution in [0.4, 0.5) is 0 Å². The predicted molar refractivity (Wildman–Crippen MR) is 31.8 cm³/mol. The molecule has 0 fully saturated rings. The standard InChI is InChI=1S/C5H4N3.Fe/c6-4-2-1-3-8-5(4)7;/h1,3,6-7H;/q-1;. The van der Waals surface area contributed by atoms with Crippen LogP contribution >= 0.6 is 0 Å². The van der Waals surface area contributed by atoms with Gasteiger partial charge in [0, 0.05) is 17.1 Å². The van der Waals surface area contributed by atoms with Gasteiger partial charge in [-0.15, -0.1) is 0 Å². The monoisotopic (exact) mass is 162 g/mol. The van der Waals surface area contributed by atoms with E-state index in [1.54, 1.807) is 0 Å². The third-order valence-corrected chi connectivity index (χ3v) is 0.743. The Labute approximate surface area is 63.4 Å². The Morgan fingerprint density at radius 2 is 2.11 bits per heavy atom. The molecule has 0 aromatic carbocycles. The minimum absolute atomic E-state index is 0. The van der Waals surface area contributed by atoms with Gasteiger partial charge >= 0.3 is 0 Å². The molecule has 0 aromatic rings. The Hall–Kier alpha value is -0.731. The van der Waals surface area contributed by atoms with Crippen LogP contribution in [0.3, 0.4) is 0 Å². The quantitative estimate of drug-likeness (QED) is 0.383. The van der Waals surface area contributed by atoms with Crippen LogP contribution < -0.4 is 0 Å². The number of nitrogens with zero attached hydrogens (tertiary/aromatic N) is 1. The van der Waals surface area contributed by atoms with E-state index in [-0.39, 0.29) is 28.6 Å². The van der Waals surface area contributed by atoms with Gasteiger partial charge in [-0.1, -0.05) is 6.21 Å². The Kier molecular flexibility index (Phi) is 3.06. The molecular formula is C5H4FeN3-. The fraction of sp³-hybridized carbons (Fsp3) is 0. The number of hydrogen-bond donors (Lipinski definition) is 2. The smallest absolute Gasteiger partial charge is 0.0544 e. The van der Waals surface area contributed by atoms with Gasteiger partial charge in [0.15, 0.2) is 0 Å². The maximum absolute atomic E-state index is 6.91. The Bertz CT molecular complexity index is 170. The van der Waals surface area contributed by atoms with Crippen LogP contribution in [0.2, 0.25) is 0 Å². The number of rotatable bonds is 0. The Morgan fingerprint density at radius 3 is 2.44 bits per heavy atom. The summed E-state index contributed by atoms with van der Waals surface area (Å²) in [6.45, 7) is 0. The zero-order valence-electron chi connectivity index (χ0n) is 4.46. The third kappa shape index (κ3) is 1.91. The molecule has 1 heterocycles. The van der Waals surface area contributed by atoms with Gasteiger partial charge in [-0.3, -0.25) is 0 Å². The van der Waals surface area contributed by atoms with Gasteiger partial charge in [0.2, 0.25) is 0 Å². The second-order valence-corrected chi connectivity index (χ2v) is 1.31. The molecule has 0 saturated heterocycles. The van der Waals surface area contributed by atoms with Crippen molar-refractivity contribution in [2.45, 2.75) is 0 Å². The summed E-state index contributed by atoms with van der Waals surface area (Å²) in [4.78, 5) is 3.53. The van der Waals surface area contributed by atoms with E-state index in [1.807, 2.05) is 0 Å². The summed E-state index contributed by atoms with van der Waals surface area (Å²) in [5, 5.41) is 13.8. The maximum Gasteiger partial charge on any atom is 0.0544 e. The SMILES string of the molecule is N=C1[C-]=CC=NC1=N.[Fe]. The Balaban J connectivity index is 0.000000640. The summed E-state index contributed by atoms with van der Waals surface area (Å²) in [7, 11) is 0. The molecule has 4 heteroatoms. The molecule has 2 N–H and O–H groups in total. The Morgan fingerprint density at radius 1 is 1.44 bits per heavy atom. The molecular weight excluding hydrogens is 158 g/mol. The van der Waals surface area contributed by atoms with Crippen molar-refractivity contribution < 1.29 is 17.1 Å². The average Bonchev–Trinajstić information content (AvgIpc) is 1.77. The summed E-state index contributed by atoms with van der Waals surface area (Å²) in [6, 6.07) is 0. The molecule has 1 aliphatic heterocycles. The summed E-state index contributed by atoms with van der Waals surface area (Å²) in [5.41, 5.74) is 0.0486. The molecule has 9 heavy (non-hydrogen) atoms. The maximum atomic E-state index is 6.91. The van der Waals surface area contributed by atoms with Crippen molar-refractivity contribution in [3.63, 3.8) is 0 Å². The molecule has 0 aromatic heterocycles. The predicted octanol–water partition coefficient (Wildman–Crippen LogP) is 0.425. The van der Waals surface area contributed by atoms with Gasteiger partial charge in [0.25, 0.3) is 0 Å². The molecule has 48 valence electrons. The first kappa shape index (κ1) is 8.27. The molecule has 0 saturated carbocycles. The van der Waals surface area contributed by atoms with Gasteiger partial charge in [0.1, 0.15) is 0 Å². The van der Waals surface area contributed by atoms with Crippen LogP contribution in [-0.2, 0) is 17.1 Å². The van der Waals surface area contributed by atoms with Crippen molar-refractivity contribution >= 4 is 17.8 Å². The molecule has 0 bridgehead atoms. The zero-order chi connectivity index (χ0) is 5.98. The number of hydrogen-bond acceptors (Lipinski definition) is 2. The minimum Gasteiger partial charge on any atom is -0.365 e. The van der Waals surface area contributed by atoms with Crippen molar-refractivity contribution in [1.29, 1.82) is 10.8 Å². The van der Waals surface area contributed by atoms with E-state index >= 15 is 0 Å². The second kappa shape index (κ2) is 3.33. The first-order valence-corrected chi connectivity index (χ1v) is 2.10. The van der Waals surface area contributed by atoms with E-state index < -0.39 is 0 Å². The van der Waals surface area contributed by atoms with E-state index in [0.717, 1.165) is 0 Å². The summed E-state index contributed by atoms with van der Waals surface area (Å²) in [5.74, 6) is -0.0208.